The minimum atomic E-state index is -6.52. The second kappa shape index (κ2) is 12.1. The second-order valence-electron chi connectivity index (χ2n) is 5.84. The molecule has 1 aromatic heterocycles. The topological polar surface area (TPSA) is 131 Å². The van der Waals surface area contributed by atoms with Crippen molar-refractivity contribution in [3.63, 3.8) is 0 Å². The molecule has 204 valence electrons. The first-order chi connectivity index (χ1) is 15.5. The van der Waals surface area contributed by atoms with E-state index in [2.05, 4.69) is 49.4 Å². The minimum Gasteiger partial charge on any atom is -0.400 e. The molecule has 0 saturated carbocycles. The van der Waals surface area contributed by atoms with Gasteiger partial charge in [-0.25, -0.2) is 9.55 Å². The lowest BCUT2D eigenvalue weighted by Gasteiger charge is -2.14. The number of aromatic nitrogens is 2. The Morgan fingerprint density at radius 2 is 1.40 bits per heavy atom. The summed E-state index contributed by atoms with van der Waals surface area (Å²) in [6.45, 7) is 4.32. The molecule has 1 aliphatic rings. The van der Waals surface area contributed by atoms with Crippen LogP contribution in [0.2, 0.25) is 0 Å². The van der Waals surface area contributed by atoms with Gasteiger partial charge in [0, 0.05) is 38.4 Å². The van der Waals surface area contributed by atoms with Gasteiger partial charge < -0.3 is 14.8 Å². The molecule has 23 heteroatoms. The van der Waals surface area contributed by atoms with Gasteiger partial charge in [0.15, 0.2) is 0 Å². The molecule has 35 heavy (non-hydrogen) atoms. The molecule has 2 rings (SSSR count). The largest absolute Gasteiger partial charge is 0.667 e. The maximum Gasteiger partial charge on any atom is 0.667 e. The highest BCUT2D eigenvalue weighted by Crippen LogP contribution is 2.28. The molecule has 11 nitrogen and oxygen atoms in total. The van der Waals surface area contributed by atoms with Gasteiger partial charge >= 0.3 is 44.9 Å². The molecular formula is C12H16BF9N4O7S2. The molecule has 0 fully saturated rings. The molecule has 0 bridgehead atoms. The van der Waals surface area contributed by atoms with E-state index >= 15 is 0 Å². The summed E-state index contributed by atoms with van der Waals surface area (Å²) in [5, 5.41) is 8.24. The lowest BCUT2D eigenvalue weighted by molar-refractivity contribution is -0.204. The van der Waals surface area contributed by atoms with E-state index in [0.717, 1.165) is 25.6 Å². The highest BCUT2D eigenvalue weighted by atomic mass is 32.2. The van der Waals surface area contributed by atoms with Crippen molar-refractivity contribution in [2.45, 2.75) is 24.2 Å². The highest BCUT2D eigenvalue weighted by molar-refractivity contribution is 7.89. The minimum absolute atomic E-state index is 0.0764. The number of rotatable bonds is 5. The Balaban J connectivity index is 0.000000558. The summed E-state index contributed by atoms with van der Waals surface area (Å²) >= 11 is 0. The lowest BCUT2D eigenvalue weighted by atomic mass is 10.3. The van der Waals surface area contributed by atoms with Crippen molar-refractivity contribution >= 4 is 27.6 Å². The zero-order chi connectivity index (χ0) is 27.9. The fourth-order valence-corrected chi connectivity index (χ4v) is 2.33. The van der Waals surface area contributed by atoms with Crippen molar-refractivity contribution in [3.8, 4) is 0 Å². The zero-order valence-corrected chi connectivity index (χ0v) is 18.9. The number of hydrogen-bond donors (Lipinski definition) is 1. The van der Waals surface area contributed by atoms with Crippen molar-refractivity contribution < 1.29 is 69.6 Å². The molecule has 0 unspecified atom stereocenters. The van der Waals surface area contributed by atoms with E-state index in [0.29, 0.717) is 6.33 Å². The quantitative estimate of drug-likeness (QED) is 0.315. The molecule has 2 heterocycles. The van der Waals surface area contributed by atoms with Gasteiger partial charge in [-0.2, -0.15) is 43.2 Å². The normalized spacial score (nSPS) is 14.7. The van der Waals surface area contributed by atoms with E-state index in [4.69, 9.17) is 5.02 Å². The molecule has 1 aliphatic heterocycles. The summed E-state index contributed by atoms with van der Waals surface area (Å²) < 4.78 is 150. The molecular weight excluding hydrogens is 558 g/mol. The molecule has 0 spiro atoms. The van der Waals surface area contributed by atoms with Crippen LogP contribution in [0.3, 0.4) is 0 Å². The first-order valence-corrected chi connectivity index (χ1v) is 11.2. The van der Waals surface area contributed by atoms with E-state index < -0.39 is 44.9 Å². The van der Waals surface area contributed by atoms with Gasteiger partial charge in [-0.15, -0.1) is 13.2 Å². The van der Waals surface area contributed by atoms with E-state index in [1.54, 1.807) is 0 Å². The Morgan fingerprint density at radius 1 is 0.943 bits per heavy atom. The van der Waals surface area contributed by atoms with Crippen molar-refractivity contribution in [1.82, 2.24) is 19.4 Å². The van der Waals surface area contributed by atoms with Crippen LogP contribution in [-0.2, 0) is 34.7 Å². The van der Waals surface area contributed by atoms with Gasteiger partial charge in [-0.05, 0) is 6.92 Å². The zero-order valence-electron chi connectivity index (χ0n) is 17.3. The molecule has 0 amide bonds. The van der Waals surface area contributed by atoms with Gasteiger partial charge in [0.25, 0.3) is 0 Å². The summed E-state index contributed by atoms with van der Waals surface area (Å²) in [4.78, 5) is 7.64. The molecule has 0 aliphatic carbocycles. The van der Waals surface area contributed by atoms with Crippen molar-refractivity contribution in [2.75, 3.05) is 20.3 Å². The van der Waals surface area contributed by atoms with Gasteiger partial charge in [-0.3, -0.25) is 8.20 Å². The van der Waals surface area contributed by atoms with Gasteiger partial charge in [0.05, 0.1) is 6.67 Å². The second-order valence-corrected chi connectivity index (χ2v) is 8.97. The Kier molecular flexibility index (Phi) is 11.4. The van der Waals surface area contributed by atoms with Crippen LogP contribution in [-0.4, -0.2) is 79.8 Å². The first kappa shape index (κ1) is 32.8. The number of alkyl halides is 9. The smallest absolute Gasteiger partial charge is 0.400 e. The summed E-state index contributed by atoms with van der Waals surface area (Å²) in [5.41, 5.74) is -12.2. The highest BCUT2D eigenvalue weighted by Gasteiger charge is 2.54. The summed E-state index contributed by atoms with van der Waals surface area (Å²) in [6, 6.07) is 0. The predicted octanol–water partition coefficient (Wildman–Crippen LogP) is 1.74. The van der Waals surface area contributed by atoms with Gasteiger partial charge in [0.2, 0.25) is 0 Å². The van der Waals surface area contributed by atoms with Crippen molar-refractivity contribution in [2.24, 2.45) is 0 Å². The molecule has 1 N–H and O–H groups in total. The molecule has 0 radical (unpaired) electrons. The van der Waals surface area contributed by atoms with E-state index in [1.165, 1.54) is 0 Å². The van der Waals surface area contributed by atoms with Crippen LogP contribution < -0.4 is 0 Å². The van der Waals surface area contributed by atoms with E-state index in [1.807, 2.05) is 0 Å². The maximum atomic E-state index is 11.6. The van der Waals surface area contributed by atoms with Crippen LogP contribution in [0.4, 0.5) is 39.5 Å². The van der Waals surface area contributed by atoms with Gasteiger partial charge in [0.1, 0.15) is 6.33 Å². The van der Waals surface area contributed by atoms with Crippen molar-refractivity contribution in [1.29, 1.82) is 0 Å². The number of halogens is 9. The Bertz CT molecular complexity index is 967. The Labute approximate surface area is 192 Å². The van der Waals surface area contributed by atoms with Crippen LogP contribution in [0.5, 0.6) is 0 Å². The van der Waals surface area contributed by atoms with Crippen LogP contribution in [0.25, 0.3) is 0 Å². The maximum absolute atomic E-state index is 11.6. The molecule has 0 saturated heterocycles. The summed E-state index contributed by atoms with van der Waals surface area (Å²) in [7, 11) is -14.8. The van der Waals surface area contributed by atoms with Crippen molar-refractivity contribution in [3.05, 3.63) is 31.1 Å². The Hall–Kier alpha value is -2.24. The van der Waals surface area contributed by atoms with E-state index in [9.17, 15) is 56.3 Å². The standard InChI is InChI=1S/C6H12N2.C4H3F3N2.C2HBF6O7S2/c1-3-8-5-4-7(2)6-8;5-4(6,7)9-2-1-8-3-9;4-1(5,6)17(11,12)15-3(10)16-18(13,14)2(7,8)9/h4-5H,3,6H2,1-2H3;1-3H;10H. The first-order valence-electron chi connectivity index (χ1n) is 8.38. The van der Waals surface area contributed by atoms with Crippen LogP contribution >= 0.6 is 0 Å². The SMILES string of the molecule is CCN1C=CN(C)C1.FC(F)(F)n1ccnc1.O=S(=O)(OB(O)OS(=O)(=O)C(F)(F)F)C(F)(F)F. The van der Waals surface area contributed by atoms with Crippen LogP contribution in [0.15, 0.2) is 31.1 Å². The lowest BCUT2D eigenvalue weighted by Crippen LogP contribution is -2.38. The Morgan fingerprint density at radius 3 is 1.60 bits per heavy atom. The summed E-state index contributed by atoms with van der Waals surface area (Å²) in [6.07, 6.45) is 2.51. The van der Waals surface area contributed by atoms with Gasteiger partial charge in [-0.1, -0.05) is 0 Å². The third kappa shape index (κ3) is 11.4. The van der Waals surface area contributed by atoms with Crippen LogP contribution in [0.1, 0.15) is 6.92 Å². The van der Waals surface area contributed by atoms with E-state index in [-0.39, 0.29) is 4.57 Å². The third-order valence-electron chi connectivity index (χ3n) is 3.12. The summed E-state index contributed by atoms with van der Waals surface area (Å²) in [5.74, 6) is 0. The monoisotopic (exact) mass is 574 g/mol. The third-order valence-corrected chi connectivity index (χ3v) is 5.09. The predicted molar refractivity (Wildman–Crippen MR) is 97.8 cm³/mol. The number of nitrogens with zero attached hydrogens (tertiary/aromatic N) is 4. The fraction of sp³-hybridized carbons (Fsp3) is 0.583. The molecule has 0 aromatic carbocycles. The molecule has 0 atom stereocenters. The fourth-order valence-electron chi connectivity index (χ4n) is 1.55. The number of hydrogen-bond acceptors (Lipinski definition) is 10. The average Bonchev–Trinajstić information content (AvgIpc) is 3.31. The average molecular weight is 574 g/mol. The number of imidazole rings is 1. The molecule has 1 aromatic rings. The van der Waals surface area contributed by atoms with Crippen LogP contribution in [0, 0.1) is 0 Å².